The highest BCUT2D eigenvalue weighted by molar-refractivity contribution is 7.80. The van der Waals surface area contributed by atoms with E-state index < -0.39 is 18.5 Å². The summed E-state index contributed by atoms with van der Waals surface area (Å²) in [6.45, 7) is 0.409. The standard InChI is InChI=1S/C10H19N5O3S/c11-10-13-8-7(9(19)14-10)12-3-15(8)6-1-4(17)5(2-16)18-6/h4-8,10,12-13,16-17H,1-3,11H2,(H,14,19)/t4-,5+,6+,7?,8?,10?/m0/s1. The average Bonchev–Trinajstić information content (AvgIpc) is 2.92. The zero-order valence-electron chi connectivity index (χ0n) is 10.3. The Labute approximate surface area is 116 Å². The number of hydrogen-bond acceptors (Lipinski definition) is 8. The van der Waals surface area contributed by atoms with Gasteiger partial charge in [0.15, 0.2) is 0 Å². The summed E-state index contributed by atoms with van der Waals surface area (Å²) in [5.41, 5.74) is 5.83. The summed E-state index contributed by atoms with van der Waals surface area (Å²) < 4.78 is 5.67. The predicted octanol–water partition coefficient (Wildman–Crippen LogP) is -3.23. The van der Waals surface area contributed by atoms with Gasteiger partial charge in [0.2, 0.25) is 0 Å². The molecule has 9 heteroatoms. The topological polar surface area (TPSA) is 115 Å². The van der Waals surface area contributed by atoms with Crippen molar-refractivity contribution in [3.63, 3.8) is 0 Å². The Balaban J connectivity index is 1.71. The van der Waals surface area contributed by atoms with E-state index in [1.54, 1.807) is 0 Å². The van der Waals surface area contributed by atoms with Crippen LogP contribution >= 0.6 is 12.2 Å². The normalized spacial score (nSPS) is 47.2. The first-order valence-corrected chi connectivity index (χ1v) is 6.76. The molecule has 0 spiro atoms. The number of nitrogens with two attached hydrogens (primary N) is 1. The van der Waals surface area contributed by atoms with E-state index in [1.165, 1.54) is 0 Å². The molecule has 0 radical (unpaired) electrons. The fraction of sp³-hybridized carbons (Fsp3) is 0.900. The molecule has 0 bridgehead atoms. The third kappa shape index (κ3) is 2.36. The summed E-state index contributed by atoms with van der Waals surface area (Å²) in [6, 6.07) is -0.0243. The average molecular weight is 289 g/mol. The van der Waals surface area contributed by atoms with Gasteiger partial charge in [-0.2, -0.15) is 0 Å². The van der Waals surface area contributed by atoms with Gasteiger partial charge in [0.05, 0.1) is 36.6 Å². The van der Waals surface area contributed by atoms with Gasteiger partial charge in [-0.05, 0) is 0 Å². The molecular weight excluding hydrogens is 270 g/mol. The fourth-order valence-electron chi connectivity index (χ4n) is 2.87. The van der Waals surface area contributed by atoms with E-state index in [0.29, 0.717) is 18.1 Å². The summed E-state index contributed by atoms with van der Waals surface area (Å²) in [4.78, 5) is 2.72. The fourth-order valence-corrected chi connectivity index (χ4v) is 3.21. The molecular formula is C10H19N5O3S. The molecule has 8 nitrogen and oxygen atoms in total. The van der Waals surface area contributed by atoms with E-state index in [-0.39, 0.29) is 25.0 Å². The van der Waals surface area contributed by atoms with Gasteiger partial charge >= 0.3 is 0 Å². The summed E-state index contributed by atoms with van der Waals surface area (Å²) in [5.74, 6) is 0. The van der Waals surface area contributed by atoms with Crippen molar-refractivity contribution in [3.05, 3.63) is 0 Å². The van der Waals surface area contributed by atoms with Gasteiger partial charge < -0.3 is 20.3 Å². The smallest absolute Gasteiger partial charge is 0.131 e. The van der Waals surface area contributed by atoms with Crippen molar-refractivity contribution < 1.29 is 14.9 Å². The minimum absolute atomic E-state index is 0.0243. The largest absolute Gasteiger partial charge is 0.394 e. The van der Waals surface area contributed by atoms with Crippen molar-refractivity contribution in [1.82, 2.24) is 20.9 Å². The van der Waals surface area contributed by atoms with Crippen LogP contribution in [-0.4, -0.2) is 70.3 Å². The minimum atomic E-state index is -0.642. The lowest BCUT2D eigenvalue weighted by atomic mass is 10.1. The summed E-state index contributed by atoms with van der Waals surface area (Å²) in [5, 5.41) is 28.4. The molecule has 7 N–H and O–H groups in total. The quantitative estimate of drug-likeness (QED) is 0.292. The molecule has 6 atom stereocenters. The summed E-state index contributed by atoms with van der Waals surface area (Å²) in [7, 11) is 0. The molecule has 108 valence electrons. The van der Waals surface area contributed by atoms with Gasteiger partial charge in [-0.3, -0.25) is 16.4 Å². The Morgan fingerprint density at radius 1 is 1.53 bits per heavy atom. The Bertz CT molecular complexity index is 373. The Morgan fingerprint density at radius 3 is 3.00 bits per heavy atom. The first-order valence-electron chi connectivity index (χ1n) is 6.35. The van der Waals surface area contributed by atoms with Crippen LogP contribution in [0.5, 0.6) is 0 Å². The van der Waals surface area contributed by atoms with Crippen LogP contribution in [0.2, 0.25) is 0 Å². The predicted molar refractivity (Wildman–Crippen MR) is 70.6 cm³/mol. The summed E-state index contributed by atoms with van der Waals surface area (Å²) >= 11 is 5.27. The number of aliphatic hydroxyl groups is 2. The molecule has 0 aromatic carbocycles. The lowest BCUT2D eigenvalue weighted by molar-refractivity contribution is -0.0880. The third-order valence-electron chi connectivity index (χ3n) is 3.85. The molecule has 0 saturated carbocycles. The second-order valence-corrected chi connectivity index (χ2v) is 5.51. The van der Waals surface area contributed by atoms with Gasteiger partial charge in [0, 0.05) is 6.42 Å². The van der Waals surface area contributed by atoms with Crippen LogP contribution in [0.4, 0.5) is 0 Å². The highest BCUT2D eigenvalue weighted by atomic mass is 32.1. The van der Waals surface area contributed by atoms with Crippen molar-refractivity contribution in [1.29, 1.82) is 0 Å². The van der Waals surface area contributed by atoms with Crippen LogP contribution < -0.4 is 21.7 Å². The third-order valence-corrected chi connectivity index (χ3v) is 4.22. The lowest BCUT2D eigenvalue weighted by Crippen LogP contribution is -2.70. The monoisotopic (exact) mass is 289 g/mol. The second kappa shape index (κ2) is 5.19. The molecule has 3 unspecified atom stereocenters. The number of ether oxygens (including phenoxy) is 1. The van der Waals surface area contributed by atoms with E-state index in [9.17, 15) is 5.11 Å². The highest BCUT2D eigenvalue weighted by Crippen LogP contribution is 2.27. The van der Waals surface area contributed by atoms with Gasteiger partial charge in [-0.15, -0.1) is 0 Å². The number of thiocarbonyl (C=S) groups is 1. The number of hydrogen-bond donors (Lipinski definition) is 6. The van der Waals surface area contributed by atoms with E-state index in [4.69, 9.17) is 27.8 Å². The molecule has 0 aliphatic carbocycles. The Kier molecular flexibility index (Phi) is 3.71. The van der Waals surface area contributed by atoms with Gasteiger partial charge in [0.25, 0.3) is 0 Å². The molecule has 0 aromatic rings. The van der Waals surface area contributed by atoms with Gasteiger partial charge in [-0.25, -0.2) is 4.90 Å². The van der Waals surface area contributed by atoms with Crippen molar-refractivity contribution >= 4 is 17.2 Å². The molecule has 0 aromatic heterocycles. The molecule has 3 heterocycles. The number of nitrogens with one attached hydrogen (secondary N) is 3. The zero-order chi connectivity index (χ0) is 13.6. The molecule has 3 aliphatic rings. The maximum Gasteiger partial charge on any atom is 0.131 e. The van der Waals surface area contributed by atoms with Crippen LogP contribution in [-0.2, 0) is 4.74 Å². The molecule has 19 heavy (non-hydrogen) atoms. The summed E-state index contributed by atoms with van der Waals surface area (Å²) in [6.07, 6.45) is -1.42. The number of rotatable bonds is 2. The van der Waals surface area contributed by atoms with E-state index in [2.05, 4.69) is 16.0 Å². The van der Waals surface area contributed by atoms with Crippen LogP contribution in [0.3, 0.4) is 0 Å². The first-order chi connectivity index (χ1) is 9.10. The van der Waals surface area contributed by atoms with Crippen LogP contribution in [0.1, 0.15) is 6.42 Å². The SMILES string of the molecule is NC1NC(=S)C2NCN([C@H]3C[C@H](O)[C@@H](CO)O3)C2N1. The molecule has 3 aliphatic heterocycles. The van der Waals surface area contributed by atoms with E-state index in [0.717, 1.165) is 0 Å². The van der Waals surface area contributed by atoms with Gasteiger partial charge in [-0.1, -0.05) is 12.2 Å². The Hall–Kier alpha value is -0.390. The van der Waals surface area contributed by atoms with E-state index in [1.807, 2.05) is 4.90 Å². The highest BCUT2D eigenvalue weighted by Gasteiger charge is 2.47. The molecule has 3 fully saturated rings. The number of fused-ring (bicyclic) bond motifs is 1. The first kappa shape index (κ1) is 13.6. The van der Waals surface area contributed by atoms with Crippen molar-refractivity contribution in [3.8, 4) is 0 Å². The van der Waals surface area contributed by atoms with E-state index >= 15 is 0 Å². The van der Waals surface area contributed by atoms with Gasteiger partial charge in [0.1, 0.15) is 18.6 Å². The minimum Gasteiger partial charge on any atom is -0.394 e. The van der Waals surface area contributed by atoms with Crippen molar-refractivity contribution in [2.45, 2.75) is 43.4 Å². The van der Waals surface area contributed by atoms with Crippen LogP contribution in [0.15, 0.2) is 0 Å². The van der Waals surface area contributed by atoms with Crippen molar-refractivity contribution in [2.75, 3.05) is 13.3 Å². The number of nitrogens with zero attached hydrogens (tertiary/aromatic N) is 1. The lowest BCUT2D eigenvalue weighted by Gasteiger charge is -2.38. The van der Waals surface area contributed by atoms with Crippen LogP contribution in [0.25, 0.3) is 0 Å². The number of aliphatic hydroxyl groups excluding tert-OH is 2. The molecule has 3 rings (SSSR count). The second-order valence-electron chi connectivity index (χ2n) is 5.07. The maximum absolute atomic E-state index is 9.80. The van der Waals surface area contributed by atoms with Crippen LogP contribution in [0, 0.1) is 0 Å². The molecule has 0 amide bonds. The zero-order valence-corrected chi connectivity index (χ0v) is 11.1. The van der Waals surface area contributed by atoms with Crippen molar-refractivity contribution in [2.24, 2.45) is 5.73 Å². The molecule has 3 saturated heterocycles. The maximum atomic E-state index is 9.80. The Morgan fingerprint density at radius 2 is 2.32 bits per heavy atom.